The highest BCUT2D eigenvalue weighted by Crippen LogP contribution is 2.32. The van der Waals surface area contributed by atoms with Crippen molar-refractivity contribution in [2.24, 2.45) is 0 Å². The van der Waals surface area contributed by atoms with Crippen LogP contribution in [-0.4, -0.2) is 25.0 Å². The van der Waals surface area contributed by atoms with Gasteiger partial charge in [-0.05, 0) is 44.4 Å². The van der Waals surface area contributed by atoms with Gasteiger partial charge in [0, 0.05) is 19.2 Å². The van der Waals surface area contributed by atoms with Crippen molar-refractivity contribution in [1.29, 1.82) is 0 Å². The predicted molar refractivity (Wildman–Crippen MR) is 72.5 cm³/mol. The molecule has 1 saturated heterocycles. The van der Waals surface area contributed by atoms with Crippen LogP contribution in [0.15, 0.2) is 18.2 Å². The van der Waals surface area contributed by atoms with Crippen LogP contribution in [0.3, 0.4) is 0 Å². The maximum atomic E-state index is 5.73. The number of rotatable bonds is 3. The van der Waals surface area contributed by atoms with Gasteiger partial charge >= 0.3 is 0 Å². The summed E-state index contributed by atoms with van der Waals surface area (Å²) in [5, 5.41) is 3.61. The second-order valence-corrected chi connectivity index (χ2v) is 5.87. The average Bonchev–Trinajstić information content (AvgIpc) is 2.82. The quantitative estimate of drug-likeness (QED) is 0.909. The molecule has 4 nitrogen and oxygen atoms in total. The summed E-state index contributed by atoms with van der Waals surface area (Å²) in [7, 11) is 0. The van der Waals surface area contributed by atoms with Crippen molar-refractivity contribution in [3.8, 4) is 11.5 Å². The Bertz CT molecular complexity index is 459. The highest BCUT2D eigenvalue weighted by molar-refractivity contribution is 5.44. The van der Waals surface area contributed by atoms with Crippen LogP contribution in [0.4, 0.5) is 0 Å². The summed E-state index contributed by atoms with van der Waals surface area (Å²) in [5.74, 6) is 1.70. The molecule has 2 aliphatic heterocycles. The second-order valence-electron chi connectivity index (χ2n) is 5.87. The Morgan fingerprint density at radius 1 is 1.26 bits per heavy atom. The lowest BCUT2D eigenvalue weighted by Crippen LogP contribution is -2.43. The van der Waals surface area contributed by atoms with Gasteiger partial charge in [0.1, 0.15) is 0 Å². The minimum Gasteiger partial charge on any atom is -0.454 e. The predicted octanol–water partition coefficient (Wildman–Crippen LogP) is 2.46. The van der Waals surface area contributed by atoms with Crippen molar-refractivity contribution in [1.82, 2.24) is 5.32 Å². The standard InChI is InChI=1S/C15H21NO3/c1-15(2)8-12(5-6-19-15)16-9-11-3-4-13-14(7-11)18-10-17-13/h3-4,7,12,16H,5-6,8-10H2,1-2H3/t12-/m0/s1. The van der Waals surface area contributed by atoms with Crippen LogP contribution in [0.25, 0.3) is 0 Å². The zero-order valence-electron chi connectivity index (χ0n) is 11.6. The highest BCUT2D eigenvalue weighted by atomic mass is 16.7. The molecule has 4 heteroatoms. The van der Waals surface area contributed by atoms with Crippen LogP contribution in [0.1, 0.15) is 32.3 Å². The smallest absolute Gasteiger partial charge is 0.231 e. The van der Waals surface area contributed by atoms with Gasteiger partial charge < -0.3 is 19.5 Å². The number of ether oxygens (including phenoxy) is 3. The summed E-state index contributed by atoms with van der Waals surface area (Å²) in [6.07, 6.45) is 2.13. The summed E-state index contributed by atoms with van der Waals surface area (Å²) >= 11 is 0. The maximum absolute atomic E-state index is 5.73. The van der Waals surface area contributed by atoms with Crippen molar-refractivity contribution in [2.45, 2.75) is 44.9 Å². The Morgan fingerprint density at radius 3 is 2.95 bits per heavy atom. The van der Waals surface area contributed by atoms with Crippen molar-refractivity contribution in [3.05, 3.63) is 23.8 Å². The lowest BCUT2D eigenvalue weighted by atomic mass is 9.94. The zero-order valence-corrected chi connectivity index (χ0v) is 11.6. The Hall–Kier alpha value is -1.26. The van der Waals surface area contributed by atoms with Gasteiger partial charge in [-0.25, -0.2) is 0 Å². The average molecular weight is 263 g/mol. The Labute approximate surface area is 114 Å². The summed E-state index contributed by atoms with van der Waals surface area (Å²) in [6, 6.07) is 6.65. The van der Waals surface area contributed by atoms with E-state index in [-0.39, 0.29) is 5.60 Å². The van der Waals surface area contributed by atoms with E-state index < -0.39 is 0 Å². The molecular formula is C15H21NO3. The molecule has 0 amide bonds. The largest absolute Gasteiger partial charge is 0.454 e. The maximum Gasteiger partial charge on any atom is 0.231 e. The second kappa shape index (κ2) is 5.02. The first-order valence-corrected chi connectivity index (χ1v) is 6.88. The molecule has 0 radical (unpaired) electrons. The van der Waals surface area contributed by atoms with E-state index in [1.54, 1.807) is 0 Å². The van der Waals surface area contributed by atoms with Gasteiger partial charge in [-0.15, -0.1) is 0 Å². The first-order valence-electron chi connectivity index (χ1n) is 6.88. The minimum atomic E-state index is -0.00912. The van der Waals surface area contributed by atoms with E-state index in [0.717, 1.165) is 37.5 Å². The van der Waals surface area contributed by atoms with Crippen LogP contribution >= 0.6 is 0 Å². The van der Waals surface area contributed by atoms with Gasteiger partial charge in [-0.3, -0.25) is 0 Å². The Kier molecular flexibility index (Phi) is 3.37. The monoisotopic (exact) mass is 263 g/mol. The molecule has 19 heavy (non-hydrogen) atoms. The van der Waals surface area contributed by atoms with E-state index in [4.69, 9.17) is 14.2 Å². The molecule has 1 fully saturated rings. The third kappa shape index (κ3) is 3.01. The normalized spacial score (nSPS) is 24.4. The third-order valence-electron chi connectivity index (χ3n) is 3.73. The molecule has 2 aliphatic rings. The summed E-state index contributed by atoms with van der Waals surface area (Å²) in [5.41, 5.74) is 1.22. The fourth-order valence-corrected chi connectivity index (χ4v) is 2.72. The first-order chi connectivity index (χ1) is 9.12. The number of benzene rings is 1. The van der Waals surface area contributed by atoms with Gasteiger partial charge in [0.05, 0.1) is 5.60 Å². The number of nitrogens with one attached hydrogen (secondary N) is 1. The molecular weight excluding hydrogens is 242 g/mol. The fourth-order valence-electron chi connectivity index (χ4n) is 2.72. The summed E-state index contributed by atoms with van der Waals surface area (Å²) < 4.78 is 16.4. The SMILES string of the molecule is CC1(C)C[C@@H](NCc2ccc3c(c2)OCO3)CCO1. The van der Waals surface area contributed by atoms with Crippen LogP contribution in [0, 0.1) is 0 Å². The van der Waals surface area contributed by atoms with Gasteiger partial charge in [0.2, 0.25) is 6.79 Å². The molecule has 0 bridgehead atoms. The zero-order chi connectivity index (χ0) is 13.3. The molecule has 1 atom stereocenters. The van der Waals surface area contributed by atoms with Gasteiger partial charge in [0.15, 0.2) is 11.5 Å². The van der Waals surface area contributed by atoms with E-state index in [2.05, 4.69) is 31.3 Å². The topological polar surface area (TPSA) is 39.7 Å². The molecule has 1 aromatic carbocycles. The van der Waals surface area contributed by atoms with E-state index in [0.29, 0.717) is 12.8 Å². The van der Waals surface area contributed by atoms with Gasteiger partial charge in [-0.2, -0.15) is 0 Å². The summed E-state index contributed by atoms with van der Waals surface area (Å²) in [6.45, 7) is 6.34. The molecule has 0 saturated carbocycles. The third-order valence-corrected chi connectivity index (χ3v) is 3.73. The van der Waals surface area contributed by atoms with E-state index in [1.165, 1.54) is 5.56 Å². The Morgan fingerprint density at radius 2 is 2.11 bits per heavy atom. The lowest BCUT2D eigenvalue weighted by molar-refractivity contribution is -0.0630. The van der Waals surface area contributed by atoms with Crippen molar-refractivity contribution >= 4 is 0 Å². The van der Waals surface area contributed by atoms with Crippen molar-refractivity contribution in [2.75, 3.05) is 13.4 Å². The van der Waals surface area contributed by atoms with Crippen LogP contribution in [0.5, 0.6) is 11.5 Å². The van der Waals surface area contributed by atoms with Crippen molar-refractivity contribution in [3.63, 3.8) is 0 Å². The van der Waals surface area contributed by atoms with E-state index in [1.807, 2.05) is 6.07 Å². The number of hydrogen-bond donors (Lipinski definition) is 1. The molecule has 0 spiro atoms. The molecule has 1 N–H and O–H groups in total. The van der Waals surface area contributed by atoms with Gasteiger partial charge in [0.25, 0.3) is 0 Å². The molecule has 0 aliphatic carbocycles. The van der Waals surface area contributed by atoms with Crippen LogP contribution in [-0.2, 0) is 11.3 Å². The lowest BCUT2D eigenvalue weighted by Gasteiger charge is -2.36. The fraction of sp³-hybridized carbons (Fsp3) is 0.600. The minimum absolute atomic E-state index is 0.00912. The molecule has 104 valence electrons. The first kappa shape index (κ1) is 12.8. The van der Waals surface area contributed by atoms with E-state index >= 15 is 0 Å². The Balaban J connectivity index is 1.57. The van der Waals surface area contributed by atoms with E-state index in [9.17, 15) is 0 Å². The molecule has 3 rings (SSSR count). The van der Waals surface area contributed by atoms with Crippen LogP contribution < -0.4 is 14.8 Å². The molecule has 0 unspecified atom stereocenters. The van der Waals surface area contributed by atoms with Crippen LogP contribution in [0.2, 0.25) is 0 Å². The highest BCUT2D eigenvalue weighted by Gasteiger charge is 2.28. The number of hydrogen-bond acceptors (Lipinski definition) is 4. The molecule has 2 heterocycles. The molecule has 0 aromatic heterocycles. The van der Waals surface area contributed by atoms with Crippen molar-refractivity contribution < 1.29 is 14.2 Å². The summed E-state index contributed by atoms with van der Waals surface area (Å²) in [4.78, 5) is 0. The number of fused-ring (bicyclic) bond motifs is 1. The molecule has 1 aromatic rings. The van der Waals surface area contributed by atoms with Gasteiger partial charge in [-0.1, -0.05) is 6.07 Å².